The zero-order chi connectivity index (χ0) is 9.68. The second-order valence-electron chi connectivity index (χ2n) is 2.61. The van der Waals surface area contributed by atoms with Gasteiger partial charge < -0.3 is 9.47 Å². The SMILES string of the molecule is C/C=C\c1cc(OC)ccc1OC. The van der Waals surface area contributed by atoms with Gasteiger partial charge in [-0.2, -0.15) is 0 Å². The second kappa shape index (κ2) is 4.55. The van der Waals surface area contributed by atoms with Gasteiger partial charge in [0.15, 0.2) is 0 Å². The third kappa shape index (κ3) is 2.25. The van der Waals surface area contributed by atoms with E-state index in [1.54, 1.807) is 14.2 Å². The van der Waals surface area contributed by atoms with E-state index in [1.165, 1.54) is 0 Å². The van der Waals surface area contributed by atoms with E-state index in [0.717, 1.165) is 17.1 Å². The molecule has 1 aromatic rings. The van der Waals surface area contributed by atoms with Gasteiger partial charge in [0.1, 0.15) is 11.5 Å². The van der Waals surface area contributed by atoms with E-state index >= 15 is 0 Å². The van der Waals surface area contributed by atoms with Gasteiger partial charge in [-0.3, -0.25) is 0 Å². The van der Waals surface area contributed by atoms with E-state index in [2.05, 4.69) is 0 Å². The molecule has 0 spiro atoms. The summed E-state index contributed by atoms with van der Waals surface area (Å²) in [5.41, 5.74) is 1.03. The molecule has 0 aliphatic heterocycles. The van der Waals surface area contributed by atoms with E-state index < -0.39 is 0 Å². The highest BCUT2D eigenvalue weighted by Crippen LogP contribution is 2.24. The Labute approximate surface area is 78.8 Å². The average Bonchev–Trinajstić information content (AvgIpc) is 2.18. The minimum Gasteiger partial charge on any atom is -0.497 e. The van der Waals surface area contributed by atoms with Crippen LogP contribution in [-0.4, -0.2) is 14.2 Å². The molecule has 13 heavy (non-hydrogen) atoms. The maximum Gasteiger partial charge on any atom is 0.126 e. The molecule has 2 heteroatoms. The van der Waals surface area contributed by atoms with E-state index in [4.69, 9.17) is 9.47 Å². The Bertz CT molecular complexity index is 303. The Kier molecular flexibility index (Phi) is 3.38. The van der Waals surface area contributed by atoms with Gasteiger partial charge in [-0.05, 0) is 25.1 Å². The van der Waals surface area contributed by atoms with Gasteiger partial charge in [-0.25, -0.2) is 0 Å². The van der Waals surface area contributed by atoms with Crippen LogP contribution in [0.2, 0.25) is 0 Å². The fourth-order valence-corrected chi connectivity index (χ4v) is 1.15. The Morgan fingerprint density at radius 3 is 2.46 bits per heavy atom. The normalized spacial score (nSPS) is 10.4. The lowest BCUT2D eigenvalue weighted by atomic mass is 10.2. The van der Waals surface area contributed by atoms with Crippen molar-refractivity contribution in [2.45, 2.75) is 6.92 Å². The molecule has 70 valence electrons. The maximum absolute atomic E-state index is 5.19. The van der Waals surface area contributed by atoms with Crippen LogP contribution < -0.4 is 9.47 Å². The van der Waals surface area contributed by atoms with E-state index in [1.807, 2.05) is 37.3 Å². The summed E-state index contributed by atoms with van der Waals surface area (Å²) in [6.45, 7) is 1.97. The van der Waals surface area contributed by atoms with Crippen LogP contribution in [-0.2, 0) is 0 Å². The number of ether oxygens (including phenoxy) is 2. The number of benzene rings is 1. The first kappa shape index (κ1) is 9.65. The van der Waals surface area contributed by atoms with Crippen molar-refractivity contribution in [1.82, 2.24) is 0 Å². The van der Waals surface area contributed by atoms with Crippen LogP contribution in [0.4, 0.5) is 0 Å². The topological polar surface area (TPSA) is 18.5 Å². The van der Waals surface area contributed by atoms with Gasteiger partial charge in [0.05, 0.1) is 14.2 Å². The van der Waals surface area contributed by atoms with Crippen molar-refractivity contribution in [2.75, 3.05) is 14.2 Å². The third-order valence-electron chi connectivity index (χ3n) is 1.78. The lowest BCUT2D eigenvalue weighted by Crippen LogP contribution is -1.88. The Balaban J connectivity index is 3.09. The maximum atomic E-state index is 5.19. The summed E-state index contributed by atoms with van der Waals surface area (Å²) in [4.78, 5) is 0. The highest BCUT2D eigenvalue weighted by Gasteiger charge is 2.00. The predicted molar refractivity (Wildman–Crippen MR) is 54.3 cm³/mol. The number of allylic oxidation sites excluding steroid dienone is 1. The van der Waals surface area contributed by atoms with Gasteiger partial charge >= 0.3 is 0 Å². The molecule has 0 saturated carbocycles. The molecule has 0 bridgehead atoms. The molecule has 0 aromatic heterocycles. The first-order valence-corrected chi connectivity index (χ1v) is 4.16. The van der Waals surface area contributed by atoms with Crippen LogP contribution in [0.3, 0.4) is 0 Å². The molecular formula is C11H14O2. The van der Waals surface area contributed by atoms with Crippen molar-refractivity contribution in [2.24, 2.45) is 0 Å². The van der Waals surface area contributed by atoms with Crippen LogP contribution >= 0.6 is 0 Å². The van der Waals surface area contributed by atoms with Crippen LogP contribution in [0.25, 0.3) is 6.08 Å². The van der Waals surface area contributed by atoms with Gasteiger partial charge in [0.25, 0.3) is 0 Å². The molecule has 0 aliphatic carbocycles. The van der Waals surface area contributed by atoms with E-state index in [9.17, 15) is 0 Å². The van der Waals surface area contributed by atoms with Gasteiger partial charge in [-0.15, -0.1) is 0 Å². The van der Waals surface area contributed by atoms with Crippen LogP contribution in [0.5, 0.6) is 11.5 Å². The highest BCUT2D eigenvalue weighted by atomic mass is 16.5. The summed E-state index contributed by atoms with van der Waals surface area (Å²) in [6, 6.07) is 5.72. The van der Waals surface area contributed by atoms with Crippen molar-refractivity contribution in [3.05, 3.63) is 29.8 Å². The zero-order valence-corrected chi connectivity index (χ0v) is 8.20. The molecule has 2 nitrogen and oxygen atoms in total. The summed E-state index contributed by atoms with van der Waals surface area (Å²) in [7, 11) is 3.32. The largest absolute Gasteiger partial charge is 0.497 e. The summed E-state index contributed by atoms with van der Waals surface area (Å²) in [6.07, 6.45) is 3.96. The zero-order valence-electron chi connectivity index (χ0n) is 8.20. The van der Waals surface area contributed by atoms with Crippen molar-refractivity contribution in [3.8, 4) is 11.5 Å². The molecule has 0 N–H and O–H groups in total. The number of hydrogen-bond acceptors (Lipinski definition) is 2. The first-order valence-electron chi connectivity index (χ1n) is 4.16. The molecular weight excluding hydrogens is 164 g/mol. The predicted octanol–water partition coefficient (Wildman–Crippen LogP) is 2.74. The molecule has 0 amide bonds. The fourth-order valence-electron chi connectivity index (χ4n) is 1.15. The third-order valence-corrected chi connectivity index (χ3v) is 1.78. The molecule has 1 rings (SSSR count). The Morgan fingerprint density at radius 1 is 1.15 bits per heavy atom. The van der Waals surface area contributed by atoms with Crippen molar-refractivity contribution < 1.29 is 9.47 Å². The lowest BCUT2D eigenvalue weighted by Gasteiger charge is -2.06. The standard InChI is InChI=1S/C11H14O2/c1-4-5-9-8-10(12-2)6-7-11(9)13-3/h4-8H,1-3H3/b5-4-. The van der Waals surface area contributed by atoms with Crippen molar-refractivity contribution in [1.29, 1.82) is 0 Å². The fraction of sp³-hybridized carbons (Fsp3) is 0.273. The first-order chi connectivity index (χ1) is 6.31. The highest BCUT2D eigenvalue weighted by molar-refractivity contribution is 5.59. The summed E-state index contributed by atoms with van der Waals surface area (Å²) in [5, 5.41) is 0. The number of methoxy groups -OCH3 is 2. The Hall–Kier alpha value is -1.44. The summed E-state index contributed by atoms with van der Waals surface area (Å²) in [5.74, 6) is 1.70. The van der Waals surface area contributed by atoms with Gasteiger partial charge in [0.2, 0.25) is 0 Å². The molecule has 1 aromatic carbocycles. The Morgan fingerprint density at radius 2 is 1.92 bits per heavy atom. The van der Waals surface area contributed by atoms with E-state index in [0.29, 0.717) is 0 Å². The van der Waals surface area contributed by atoms with Gasteiger partial charge in [0, 0.05) is 5.56 Å². The van der Waals surface area contributed by atoms with Crippen LogP contribution in [0.1, 0.15) is 12.5 Å². The average molecular weight is 178 g/mol. The van der Waals surface area contributed by atoms with Crippen LogP contribution in [0.15, 0.2) is 24.3 Å². The molecule has 0 radical (unpaired) electrons. The second-order valence-corrected chi connectivity index (χ2v) is 2.61. The quantitative estimate of drug-likeness (QED) is 0.708. The molecule has 0 heterocycles. The smallest absolute Gasteiger partial charge is 0.126 e. The van der Waals surface area contributed by atoms with Crippen LogP contribution in [0, 0.1) is 0 Å². The summed E-state index contributed by atoms with van der Waals surface area (Å²) >= 11 is 0. The molecule has 0 aliphatic rings. The molecule has 0 atom stereocenters. The monoisotopic (exact) mass is 178 g/mol. The van der Waals surface area contributed by atoms with Crippen molar-refractivity contribution in [3.63, 3.8) is 0 Å². The molecule has 0 unspecified atom stereocenters. The molecule has 0 fully saturated rings. The molecule has 0 saturated heterocycles. The lowest BCUT2D eigenvalue weighted by molar-refractivity contribution is 0.402. The van der Waals surface area contributed by atoms with Crippen molar-refractivity contribution >= 4 is 6.08 Å². The number of hydrogen-bond donors (Lipinski definition) is 0. The minimum atomic E-state index is 0.842. The van der Waals surface area contributed by atoms with E-state index in [-0.39, 0.29) is 0 Å². The van der Waals surface area contributed by atoms with Gasteiger partial charge in [-0.1, -0.05) is 12.2 Å². The number of rotatable bonds is 3. The summed E-state index contributed by atoms with van der Waals surface area (Å²) < 4.78 is 10.3. The minimum absolute atomic E-state index is 0.842.